The minimum atomic E-state index is -0.178. The molecule has 0 saturated heterocycles. The average Bonchev–Trinajstić information content (AvgIpc) is 3.32. The summed E-state index contributed by atoms with van der Waals surface area (Å²) in [7, 11) is 0. The number of nitrogens with one attached hydrogen (secondary N) is 3. The number of rotatable bonds is 3. The number of halogens is 1. The van der Waals surface area contributed by atoms with Crippen molar-refractivity contribution in [3.8, 4) is 5.75 Å². The monoisotopic (exact) mass is 405 g/mol. The van der Waals surface area contributed by atoms with Crippen LogP contribution in [0.2, 0.25) is 0 Å². The Kier molecular flexibility index (Phi) is 4.09. The van der Waals surface area contributed by atoms with Crippen molar-refractivity contribution >= 4 is 16.8 Å². The first-order valence-corrected chi connectivity index (χ1v) is 10.7. The number of ether oxygens (including phenoxy) is 1. The topological polar surface area (TPSA) is 66.2 Å². The average molecular weight is 405 g/mol. The van der Waals surface area contributed by atoms with Crippen LogP contribution in [0.4, 0.5) is 4.39 Å². The van der Waals surface area contributed by atoms with Gasteiger partial charge < -0.3 is 20.4 Å². The Labute approximate surface area is 174 Å². The molecule has 3 heterocycles. The number of benzene rings is 2. The maximum absolute atomic E-state index is 13.7. The van der Waals surface area contributed by atoms with Crippen LogP contribution >= 0.6 is 0 Å². The van der Waals surface area contributed by atoms with Crippen LogP contribution in [0.1, 0.15) is 39.2 Å². The molecule has 2 aromatic carbocycles. The van der Waals surface area contributed by atoms with Crippen molar-refractivity contribution in [1.29, 1.82) is 0 Å². The van der Waals surface area contributed by atoms with Crippen molar-refractivity contribution in [3.63, 3.8) is 0 Å². The quantitative estimate of drug-likeness (QED) is 0.627. The van der Waals surface area contributed by atoms with E-state index in [1.165, 1.54) is 17.3 Å². The molecule has 154 valence electrons. The van der Waals surface area contributed by atoms with Gasteiger partial charge in [0.1, 0.15) is 18.2 Å². The van der Waals surface area contributed by atoms with E-state index in [0.717, 1.165) is 65.6 Å². The number of aromatic amines is 1. The number of hydrogen-bond donors (Lipinski definition) is 3. The third-order valence-corrected chi connectivity index (χ3v) is 6.90. The maximum atomic E-state index is 13.7. The molecule has 6 rings (SSSR count). The number of amides is 1. The van der Waals surface area contributed by atoms with Crippen LogP contribution in [0.15, 0.2) is 30.3 Å². The van der Waals surface area contributed by atoms with E-state index in [2.05, 4.69) is 15.6 Å². The smallest absolute Gasteiger partial charge is 0.251 e. The molecule has 2 aliphatic heterocycles. The van der Waals surface area contributed by atoms with Crippen LogP contribution in [0.5, 0.6) is 5.75 Å². The fourth-order valence-electron chi connectivity index (χ4n) is 5.30. The largest absolute Gasteiger partial charge is 0.492 e. The number of carbonyl (C=O) groups is 1. The summed E-state index contributed by atoms with van der Waals surface area (Å²) in [6.07, 6.45) is 3.96. The molecule has 0 radical (unpaired) electrons. The van der Waals surface area contributed by atoms with Gasteiger partial charge in [-0.2, -0.15) is 0 Å². The number of aryl methyl sites for hydroxylation is 1. The fourth-order valence-corrected chi connectivity index (χ4v) is 5.30. The Morgan fingerprint density at radius 3 is 3.00 bits per heavy atom. The maximum Gasteiger partial charge on any atom is 0.251 e. The zero-order valence-corrected chi connectivity index (χ0v) is 16.7. The number of aromatic nitrogens is 1. The van der Waals surface area contributed by atoms with Crippen LogP contribution in [-0.4, -0.2) is 30.1 Å². The Morgan fingerprint density at radius 1 is 1.13 bits per heavy atom. The van der Waals surface area contributed by atoms with E-state index in [1.54, 1.807) is 6.07 Å². The van der Waals surface area contributed by atoms with Crippen LogP contribution < -0.4 is 15.4 Å². The summed E-state index contributed by atoms with van der Waals surface area (Å²) in [5.74, 6) is 1.26. The Balaban J connectivity index is 1.15. The molecule has 1 amide bonds. The number of fused-ring (bicyclic) bond motifs is 6. The van der Waals surface area contributed by atoms with Crippen molar-refractivity contribution in [2.24, 2.45) is 5.92 Å². The van der Waals surface area contributed by atoms with Gasteiger partial charge in [0, 0.05) is 40.3 Å². The van der Waals surface area contributed by atoms with Crippen LogP contribution in [0.3, 0.4) is 0 Å². The molecule has 1 aromatic heterocycles. The lowest BCUT2D eigenvalue weighted by Gasteiger charge is -2.30. The molecule has 0 fully saturated rings. The second-order valence-corrected chi connectivity index (χ2v) is 8.75. The van der Waals surface area contributed by atoms with E-state index in [1.807, 2.05) is 18.2 Å². The van der Waals surface area contributed by atoms with Crippen LogP contribution in [0.25, 0.3) is 10.9 Å². The predicted molar refractivity (Wildman–Crippen MR) is 112 cm³/mol. The van der Waals surface area contributed by atoms with Gasteiger partial charge in [0.15, 0.2) is 0 Å². The van der Waals surface area contributed by atoms with Crippen LogP contribution in [-0.2, 0) is 25.8 Å². The number of carbonyl (C=O) groups excluding carboxylic acids is 1. The van der Waals surface area contributed by atoms with Crippen molar-refractivity contribution in [2.75, 3.05) is 13.2 Å². The van der Waals surface area contributed by atoms with E-state index in [4.69, 9.17) is 4.74 Å². The molecule has 0 saturated carbocycles. The normalized spacial score (nSPS) is 22.2. The molecule has 2 unspecified atom stereocenters. The molecule has 1 aliphatic carbocycles. The van der Waals surface area contributed by atoms with E-state index in [9.17, 15) is 9.18 Å². The Hall–Kier alpha value is -2.86. The van der Waals surface area contributed by atoms with E-state index < -0.39 is 0 Å². The summed E-state index contributed by atoms with van der Waals surface area (Å²) >= 11 is 0. The standard InChI is InChI=1S/C24H24FN3O2/c25-14-2-5-22-18(8-14)17-7-13(1-4-21(17)28-22)10-26-15-9-19-20-11-27-24(29)16(20)3-6-23(19)30-12-15/h2-3,5-6,8,13,15,26,28H,1,4,7,9-12H2,(H,27,29). The van der Waals surface area contributed by atoms with Gasteiger partial charge in [-0.15, -0.1) is 0 Å². The lowest BCUT2D eigenvalue weighted by Crippen LogP contribution is -2.42. The van der Waals surface area contributed by atoms with Gasteiger partial charge in [-0.1, -0.05) is 0 Å². The molecule has 0 spiro atoms. The number of hydrogen-bond acceptors (Lipinski definition) is 3. The minimum Gasteiger partial charge on any atom is -0.492 e. The molecule has 3 N–H and O–H groups in total. The molecular weight excluding hydrogens is 381 g/mol. The van der Waals surface area contributed by atoms with Gasteiger partial charge in [-0.05, 0) is 79.6 Å². The summed E-state index contributed by atoms with van der Waals surface area (Å²) in [4.78, 5) is 15.4. The minimum absolute atomic E-state index is 0.0102. The van der Waals surface area contributed by atoms with Gasteiger partial charge in [0.05, 0.1) is 0 Å². The molecule has 30 heavy (non-hydrogen) atoms. The van der Waals surface area contributed by atoms with E-state index in [0.29, 0.717) is 19.1 Å². The molecule has 2 atom stereocenters. The molecule has 5 nitrogen and oxygen atoms in total. The summed E-state index contributed by atoms with van der Waals surface area (Å²) < 4.78 is 19.7. The highest BCUT2D eigenvalue weighted by Gasteiger charge is 2.30. The summed E-state index contributed by atoms with van der Waals surface area (Å²) in [5, 5.41) is 7.64. The zero-order valence-electron chi connectivity index (χ0n) is 16.7. The van der Waals surface area contributed by atoms with Gasteiger partial charge in [0.2, 0.25) is 0 Å². The van der Waals surface area contributed by atoms with Crippen molar-refractivity contribution in [2.45, 2.75) is 38.3 Å². The van der Waals surface area contributed by atoms with Crippen molar-refractivity contribution in [3.05, 3.63) is 64.1 Å². The highest BCUT2D eigenvalue weighted by Crippen LogP contribution is 2.34. The first kappa shape index (κ1) is 18.0. The third-order valence-electron chi connectivity index (χ3n) is 6.90. The first-order chi connectivity index (χ1) is 14.7. The second-order valence-electron chi connectivity index (χ2n) is 8.75. The third kappa shape index (κ3) is 2.89. The fraction of sp³-hybridized carbons (Fsp3) is 0.375. The van der Waals surface area contributed by atoms with Gasteiger partial charge in [0.25, 0.3) is 5.91 Å². The second kappa shape index (κ2) is 6.84. The van der Waals surface area contributed by atoms with Gasteiger partial charge in [-0.25, -0.2) is 4.39 Å². The predicted octanol–water partition coefficient (Wildman–Crippen LogP) is 3.25. The lowest BCUT2D eigenvalue weighted by atomic mass is 9.86. The van der Waals surface area contributed by atoms with Crippen molar-refractivity contribution < 1.29 is 13.9 Å². The molecule has 3 aromatic rings. The lowest BCUT2D eigenvalue weighted by molar-refractivity contribution is 0.0965. The summed E-state index contributed by atoms with van der Waals surface area (Å²) in [6, 6.07) is 9.04. The highest BCUT2D eigenvalue weighted by atomic mass is 19.1. The van der Waals surface area contributed by atoms with Gasteiger partial charge >= 0.3 is 0 Å². The molecular formula is C24H24FN3O2. The Morgan fingerprint density at radius 2 is 2.07 bits per heavy atom. The van der Waals surface area contributed by atoms with Crippen molar-refractivity contribution in [1.82, 2.24) is 15.6 Å². The van der Waals surface area contributed by atoms with Crippen LogP contribution in [0, 0.1) is 11.7 Å². The summed E-state index contributed by atoms with van der Waals surface area (Å²) in [6.45, 7) is 2.15. The SMILES string of the molecule is O=C1NCc2c1ccc1c2CC(NCC2CCc3[nH]c4ccc(F)cc4c3C2)CO1. The van der Waals surface area contributed by atoms with E-state index >= 15 is 0 Å². The molecule has 6 heteroatoms. The Bertz CT molecular complexity index is 1170. The summed E-state index contributed by atoms with van der Waals surface area (Å²) in [5.41, 5.74) is 6.60. The van der Waals surface area contributed by atoms with E-state index in [-0.39, 0.29) is 17.8 Å². The zero-order chi connectivity index (χ0) is 20.2. The molecule has 3 aliphatic rings. The van der Waals surface area contributed by atoms with Gasteiger partial charge in [-0.3, -0.25) is 4.79 Å². The highest BCUT2D eigenvalue weighted by molar-refractivity contribution is 5.99. The first-order valence-electron chi connectivity index (χ1n) is 10.7. The number of H-pyrrole nitrogens is 1. The molecule has 0 bridgehead atoms.